The van der Waals surface area contributed by atoms with Gasteiger partial charge in [0.25, 0.3) is 5.22 Å². The molecule has 0 aliphatic carbocycles. The van der Waals surface area contributed by atoms with Crippen molar-refractivity contribution in [2.24, 2.45) is 0 Å². The first-order chi connectivity index (χ1) is 8.70. The highest BCUT2D eigenvalue weighted by Gasteiger charge is 2.10. The van der Waals surface area contributed by atoms with Crippen molar-refractivity contribution >= 4 is 35.0 Å². The molecule has 0 bridgehead atoms. The molecule has 4 nitrogen and oxygen atoms in total. The zero-order valence-electron chi connectivity index (χ0n) is 9.69. The topological polar surface area (TPSA) is 51.8 Å². The molecule has 7 heteroatoms. The molecule has 0 radical (unpaired) electrons. The number of halogens is 2. The van der Waals surface area contributed by atoms with Crippen molar-refractivity contribution in [3.05, 3.63) is 33.9 Å². The number of rotatable bonds is 5. The number of thioether (sulfide) groups is 1. The van der Waals surface area contributed by atoms with Crippen LogP contribution in [0, 0.1) is 0 Å². The van der Waals surface area contributed by atoms with Crippen LogP contribution in [0.15, 0.2) is 22.0 Å². The molecule has 0 aromatic carbocycles. The summed E-state index contributed by atoms with van der Waals surface area (Å²) in [6.45, 7) is 2.06. The third-order valence-corrected chi connectivity index (χ3v) is 3.70. The maximum absolute atomic E-state index is 6.02. The highest BCUT2D eigenvalue weighted by atomic mass is 35.5. The van der Waals surface area contributed by atoms with Crippen LogP contribution in [0.3, 0.4) is 0 Å². The average molecular weight is 304 g/mol. The van der Waals surface area contributed by atoms with Gasteiger partial charge in [-0.05, 0) is 6.42 Å². The van der Waals surface area contributed by atoms with Crippen molar-refractivity contribution < 1.29 is 4.42 Å². The summed E-state index contributed by atoms with van der Waals surface area (Å²) in [5.41, 5.74) is 0.827. The van der Waals surface area contributed by atoms with E-state index in [-0.39, 0.29) is 0 Å². The number of hydrogen-bond donors (Lipinski definition) is 0. The minimum absolute atomic E-state index is 0.530. The zero-order valence-corrected chi connectivity index (χ0v) is 12.0. The third-order valence-electron chi connectivity index (χ3n) is 2.20. The highest BCUT2D eigenvalue weighted by Crippen LogP contribution is 2.30. The van der Waals surface area contributed by atoms with Crippen LogP contribution in [-0.2, 0) is 12.2 Å². The summed E-state index contributed by atoms with van der Waals surface area (Å²) in [7, 11) is 0. The van der Waals surface area contributed by atoms with Crippen molar-refractivity contribution in [3.63, 3.8) is 0 Å². The van der Waals surface area contributed by atoms with Crippen LogP contribution >= 0.6 is 35.0 Å². The van der Waals surface area contributed by atoms with Crippen LogP contribution in [0.2, 0.25) is 10.0 Å². The first-order valence-electron chi connectivity index (χ1n) is 5.43. The van der Waals surface area contributed by atoms with E-state index in [9.17, 15) is 0 Å². The maximum Gasteiger partial charge on any atom is 0.276 e. The largest absolute Gasteiger partial charge is 0.416 e. The Hall–Kier alpha value is -0.780. The van der Waals surface area contributed by atoms with E-state index in [0.29, 0.717) is 26.9 Å². The molecule has 0 saturated heterocycles. The maximum atomic E-state index is 6.02. The quantitative estimate of drug-likeness (QED) is 0.781. The molecule has 0 unspecified atom stereocenters. The van der Waals surface area contributed by atoms with Gasteiger partial charge in [0.15, 0.2) is 0 Å². The molecular formula is C11H11Cl2N3OS. The monoisotopic (exact) mass is 303 g/mol. The van der Waals surface area contributed by atoms with Gasteiger partial charge in [-0.2, -0.15) is 0 Å². The standard InChI is InChI=1S/C11H11Cl2N3OS/c1-2-3-10-15-16-11(17-10)18-6-7-8(12)4-14-5-9(7)13/h4-5H,2-3,6H2,1H3. The Kier molecular flexibility index (Phi) is 4.86. The second kappa shape index (κ2) is 6.41. The molecule has 18 heavy (non-hydrogen) atoms. The van der Waals surface area contributed by atoms with Crippen LogP contribution in [0.5, 0.6) is 0 Å². The summed E-state index contributed by atoms with van der Waals surface area (Å²) < 4.78 is 5.46. The molecule has 2 aromatic rings. The molecule has 0 aliphatic rings. The third kappa shape index (κ3) is 3.37. The molecule has 96 valence electrons. The summed E-state index contributed by atoms with van der Waals surface area (Å²) in [6.07, 6.45) is 4.91. The summed E-state index contributed by atoms with van der Waals surface area (Å²) in [5, 5.41) is 9.52. The second-order valence-electron chi connectivity index (χ2n) is 3.58. The van der Waals surface area contributed by atoms with Crippen LogP contribution in [0.4, 0.5) is 0 Å². The fourth-order valence-corrected chi connectivity index (χ4v) is 2.81. The van der Waals surface area contributed by atoms with Gasteiger partial charge in [-0.1, -0.05) is 41.9 Å². The van der Waals surface area contributed by atoms with Gasteiger partial charge in [-0.15, -0.1) is 10.2 Å². The van der Waals surface area contributed by atoms with E-state index in [1.807, 2.05) is 0 Å². The Bertz CT molecular complexity index is 513. The summed E-state index contributed by atoms with van der Waals surface area (Å²) >= 11 is 13.5. The van der Waals surface area contributed by atoms with Gasteiger partial charge in [0.1, 0.15) is 0 Å². The van der Waals surface area contributed by atoms with Crippen LogP contribution in [0.1, 0.15) is 24.8 Å². The molecule has 0 saturated carbocycles. The van der Waals surface area contributed by atoms with E-state index >= 15 is 0 Å². The summed E-state index contributed by atoms with van der Waals surface area (Å²) in [4.78, 5) is 3.90. The van der Waals surface area contributed by atoms with E-state index < -0.39 is 0 Å². The van der Waals surface area contributed by atoms with E-state index in [2.05, 4.69) is 22.1 Å². The Morgan fingerprint density at radius 2 is 1.94 bits per heavy atom. The van der Waals surface area contributed by atoms with Gasteiger partial charge < -0.3 is 4.42 Å². The molecule has 0 atom stereocenters. The summed E-state index contributed by atoms with van der Waals surface area (Å²) in [6, 6.07) is 0. The van der Waals surface area contributed by atoms with Crippen molar-refractivity contribution in [1.29, 1.82) is 0 Å². The van der Waals surface area contributed by atoms with Crippen LogP contribution < -0.4 is 0 Å². The van der Waals surface area contributed by atoms with E-state index in [4.69, 9.17) is 27.6 Å². The lowest BCUT2D eigenvalue weighted by Crippen LogP contribution is -1.86. The zero-order chi connectivity index (χ0) is 13.0. The molecule has 0 aliphatic heterocycles. The Labute approximate surface area is 119 Å². The molecule has 2 aromatic heterocycles. The van der Waals surface area contributed by atoms with Gasteiger partial charge in [-0.3, -0.25) is 4.98 Å². The summed E-state index contributed by atoms with van der Waals surface area (Å²) in [5.74, 6) is 1.24. The molecular weight excluding hydrogens is 293 g/mol. The van der Waals surface area contributed by atoms with Gasteiger partial charge >= 0.3 is 0 Å². The first kappa shape index (κ1) is 13.6. The SMILES string of the molecule is CCCc1nnc(SCc2c(Cl)cncc2Cl)o1. The number of hydrogen-bond acceptors (Lipinski definition) is 5. The smallest absolute Gasteiger partial charge is 0.276 e. The molecule has 2 rings (SSSR count). The fraction of sp³-hybridized carbons (Fsp3) is 0.364. The average Bonchev–Trinajstić information content (AvgIpc) is 2.77. The van der Waals surface area contributed by atoms with Crippen molar-refractivity contribution in [1.82, 2.24) is 15.2 Å². The van der Waals surface area contributed by atoms with Gasteiger partial charge in [0.2, 0.25) is 5.89 Å². The lowest BCUT2D eigenvalue weighted by Gasteiger charge is -2.03. The minimum Gasteiger partial charge on any atom is -0.416 e. The predicted octanol–water partition coefficient (Wildman–Crippen LogP) is 4.02. The number of aromatic nitrogens is 3. The minimum atomic E-state index is 0.530. The molecule has 0 spiro atoms. The normalized spacial score (nSPS) is 10.8. The Morgan fingerprint density at radius 3 is 2.61 bits per heavy atom. The molecule has 0 N–H and O–H groups in total. The van der Waals surface area contributed by atoms with Crippen LogP contribution in [0.25, 0.3) is 0 Å². The number of aryl methyl sites for hydroxylation is 1. The number of nitrogens with zero attached hydrogens (tertiary/aromatic N) is 3. The molecule has 2 heterocycles. The Balaban J connectivity index is 2.02. The van der Waals surface area contributed by atoms with E-state index in [0.717, 1.165) is 18.4 Å². The lowest BCUT2D eigenvalue weighted by molar-refractivity contribution is 0.411. The van der Waals surface area contributed by atoms with Crippen molar-refractivity contribution in [2.75, 3.05) is 0 Å². The van der Waals surface area contributed by atoms with E-state index in [1.165, 1.54) is 11.8 Å². The van der Waals surface area contributed by atoms with Gasteiger partial charge in [-0.25, -0.2) is 0 Å². The van der Waals surface area contributed by atoms with E-state index in [1.54, 1.807) is 12.4 Å². The predicted molar refractivity (Wildman–Crippen MR) is 72.1 cm³/mol. The first-order valence-corrected chi connectivity index (χ1v) is 7.18. The van der Waals surface area contributed by atoms with Crippen LogP contribution in [-0.4, -0.2) is 15.2 Å². The van der Waals surface area contributed by atoms with Gasteiger partial charge in [0, 0.05) is 30.1 Å². The molecule has 0 fully saturated rings. The second-order valence-corrected chi connectivity index (χ2v) is 5.32. The Morgan fingerprint density at radius 1 is 1.22 bits per heavy atom. The molecule has 0 amide bonds. The van der Waals surface area contributed by atoms with Gasteiger partial charge in [0.05, 0.1) is 10.0 Å². The fourth-order valence-electron chi connectivity index (χ4n) is 1.32. The van der Waals surface area contributed by atoms with Crippen molar-refractivity contribution in [3.8, 4) is 0 Å². The van der Waals surface area contributed by atoms with Crippen molar-refractivity contribution in [2.45, 2.75) is 30.7 Å². The highest BCUT2D eigenvalue weighted by molar-refractivity contribution is 7.98. The lowest BCUT2D eigenvalue weighted by atomic mass is 10.3. The number of pyridine rings is 1.